The number of carbonyl (C=O) groups excluding carboxylic acids is 1. The Bertz CT molecular complexity index is 193. The first kappa shape index (κ1) is 10.6. The summed E-state index contributed by atoms with van der Waals surface area (Å²) >= 11 is 0. The standard InChI is InChI=1S/C8H14O5/c1-4(9)6-7(11-2)5(10)8(12-3)13-6/h5-8,10H,1-3H3. The molecule has 5 heteroatoms. The van der Waals surface area contributed by atoms with E-state index < -0.39 is 24.6 Å². The van der Waals surface area contributed by atoms with Crippen LogP contribution in [0.2, 0.25) is 0 Å². The molecule has 1 saturated heterocycles. The zero-order valence-electron chi connectivity index (χ0n) is 7.89. The largest absolute Gasteiger partial charge is 0.385 e. The molecule has 1 aliphatic heterocycles. The Labute approximate surface area is 76.6 Å². The molecule has 1 N–H and O–H groups in total. The van der Waals surface area contributed by atoms with E-state index in [1.807, 2.05) is 0 Å². The molecule has 1 rings (SSSR count). The molecule has 1 aliphatic rings. The smallest absolute Gasteiger partial charge is 0.186 e. The summed E-state index contributed by atoms with van der Waals surface area (Å²) < 4.78 is 14.9. The maximum atomic E-state index is 11.1. The Morgan fingerprint density at radius 3 is 2.31 bits per heavy atom. The van der Waals surface area contributed by atoms with Crippen molar-refractivity contribution in [2.24, 2.45) is 0 Å². The summed E-state index contributed by atoms with van der Waals surface area (Å²) in [5.41, 5.74) is 0. The van der Waals surface area contributed by atoms with Gasteiger partial charge in [-0.3, -0.25) is 4.79 Å². The van der Waals surface area contributed by atoms with Gasteiger partial charge in [0.15, 0.2) is 12.1 Å². The van der Waals surface area contributed by atoms with Crippen molar-refractivity contribution in [1.29, 1.82) is 0 Å². The number of Topliss-reactive ketones (excluding diaryl/α,β-unsaturated/α-hetero) is 1. The second-order valence-corrected chi connectivity index (χ2v) is 2.96. The van der Waals surface area contributed by atoms with Crippen molar-refractivity contribution < 1.29 is 24.1 Å². The minimum atomic E-state index is -0.913. The molecule has 0 aliphatic carbocycles. The fraction of sp³-hybridized carbons (Fsp3) is 0.875. The van der Waals surface area contributed by atoms with Crippen LogP contribution in [0.4, 0.5) is 0 Å². The Hall–Kier alpha value is -0.490. The van der Waals surface area contributed by atoms with E-state index in [1.54, 1.807) is 0 Å². The third kappa shape index (κ3) is 1.88. The highest BCUT2D eigenvalue weighted by Crippen LogP contribution is 2.24. The van der Waals surface area contributed by atoms with Crippen molar-refractivity contribution in [2.45, 2.75) is 31.5 Å². The van der Waals surface area contributed by atoms with Gasteiger partial charge in [0.1, 0.15) is 18.3 Å². The Morgan fingerprint density at radius 1 is 1.38 bits per heavy atom. The summed E-state index contributed by atoms with van der Waals surface area (Å²) in [6.07, 6.45) is -3.06. The normalized spacial score (nSPS) is 39.4. The summed E-state index contributed by atoms with van der Waals surface area (Å²) in [6.45, 7) is 1.39. The van der Waals surface area contributed by atoms with E-state index in [9.17, 15) is 9.90 Å². The van der Waals surface area contributed by atoms with E-state index in [-0.39, 0.29) is 5.78 Å². The van der Waals surface area contributed by atoms with E-state index >= 15 is 0 Å². The van der Waals surface area contributed by atoms with E-state index in [0.29, 0.717) is 0 Å². The zero-order valence-corrected chi connectivity index (χ0v) is 7.89. The highest BCUT2D eigenvalue weighted by molar-refractivity contribution is 5.81. The number of rotatable bonds is 3. The molecule has 5 nitrogen and oxygen atoms in total. The van der Waals surface area contributed by atoms with E-state index in [1.165, 1.54) is 21.1 Å². The Kier molecular flexibility index (Phi) is 3.38. The number of ketones is 1. The predicted molar refractivity (Wildman–Crippen MR) is 43.2 cm³/mol. The molecule has 0 bridgehead atoms. The van der Waals surface area contributed by atoms with Crippen molar-refractivity contribution in [3.05, 3.63) is 0 Å². The van der Waals surface area contributed by atoms with E-state index in [2.05, 4.69) is 0 Å². The van der Waals surface area contributed by atoms with Crippen LogP contribution in [0.3, 0.4) is 0 Å². The molecular weight excluding hydrogens is 176 g/mol. The van der Waals surface area contributed by atoms with Crippen LogP contribution in [0.15, 0.2) is 0 Å². The van der Waals surface area contributed by atoms with Gasteiger partial charge in [-0.25, -0.2) is 0 Å². The molecule has 0 amide bonds. The average Bonchev–Trinajstić information content (AvgIpc) is 2.42. The molecule has 76 valence electrons. The average molecular weight is 190 g/mol. The summed E-state index contributed by atoms with van der Waals surface area (Å²) in [7, 11) is 2.83. The van der Waals surface area contributed by atoms with Crippen molar-refractivity contribution in [2.75, 3.05) is 14.2 Å². The maximum Gasteiger partial charge on any atom is 0.186 e. The summed E-state index contributed by atoms with van der Waals surface area (Å²) in [5, 5.41) is 9.54. The number of carbonyl (C=O) groups is 1. The molecule has 1 fully saturated rings. The molecule has 1 heterocycles. The molecular formula is C8H14O5. The van der Waals surface area contributed by atoms with Crippen molar-refractivity contribution >= 4 is 5.78 Å². The number of aliphatic hydroxyl groups is 1. The van der Waals surface area contributed by atoms with Gasteiger partial charge < -0.3 is 19.3 Å². The van der Waals surface area contributed by atoms with Gasteiger partial charge in [-0.05, 0) is 6.92 Å². The van der Waals surface area contributed by atoms with Crippen molar-refractivity contribution in [3.63, 3.8) is 0 Å². The Balaban J connectivity index is 2.72. The van der Waals surface area contributed by atoms with Crippen LogP contribution in [-0.2, 0) is 19.0 Å². The lowest BCUT2D eigenvalue weighted by atomic mass is 10.1. The zero-order chi connectivity index (χ0) is 10.0. The predicted octanol–water partition coefficient (Wildman–Crippen LogP) is -0.677. The molecule has 4 atom stereocenters. The van der Waals surface area contributed by atoms with Crippen LogP contribution in [0.25, 0.3) is 0 Å². The Morgan fingerprint density at radius 2 is 2.00 bits per heavy atom. The minimum absolute atomic E-state index is 0.176. The van der Waals surface area contributed by atoms with Crippen LogP contribution >= 0.6 is 0 Å². The van der Waals surface area contributed by atoms with E-state index in [0.717, 1.165) is 0 Å². The lowest BCUT2D eigenvalue weighted by molar-refractivity contribution is -0.158. The molecule has 0 aromatic carbocycles. The summed E-state index contributed by atoms with van der Waals surface area (Å²) in [4.78, 5) is 11.1. The van der Waals surface area contributed by atoms with Crippen molar-refractivity contribution in [1.82, 2.24) is 0 Å². The lowest BCUT2D eigenvalue weighted by Crippen LogP contribution is -2.37. The summed E-state index contributed by atoms with van der Waals surface area (Å²) in [5.74, 6) is -0.176. The first-order valence-electron chi connectivity index (χ1n) is 4.01. The van der Waals surface area contributed by atoms with Crippen LogP contribution in [0, 0.1) is 0 Å². The van der Waals surface area contributed by atoms with Gasteiger partial charge in [0.2, 0.25) is 0 Å². The van der Waals surface area contributed by atoms with Gasteiger partial charge in [0.25, 0.3) is 0 Å². The van der Waals surface area contributed by atoms with Gasteiger partial charge in [0, 0.05) is 14.2 Å². The molecule has 0 aromatic rings. The number of hydrogen-bond acceptors (Lipinski definition) is 5. The summed E-state index contributed by atoms with van der Waals surface area (Å²) in [6, 6.07) is 0. The van der Waals surface area contributed by atoms with Gasteiger partial charge in [0.05, 0.1) is 0 Å². The maximum absolute atomic E-state index is 11.1. The second-order valence-electron chi connectivity index (χ2n) is 2.96. The quantitative estimate of drug-likeness (QED) is 0.639. The second kappa shape index (κ2) is 4.15. The highest BCUT2D eigenvalue weighted by atomic mass is 16.7. The number of ether oxygens (including phenoxy) is 3. The third-order valence-electron chi connectivity index (χ3n) is 2.10. The SMILES string of the molecule is COC1OC(C(C)=O)C(OC)C1O. The van der Waals surface area contributed by atoms with Gasteiger partial charge >= 0.3 is 0 Å². The number of aliphatic hydroxyl groups excluding tert-OH is 1. The van der Waals surface area contributed by atoms with Gasteiger partial charge in [-0.15, -0.1) is 0 Å². The number of methoxy groups -OCH3 is 2. The van der Waals surface area contributed by atoms with Crippen LogP contribution < -0.4 is 0 Å². The highest BCUT2D eigenvalue weighted by Gasteiger charge is 2.46. The first-order valence-corrected chi connectivity index (χ1v) is 4.01. The topological polar surface area (TPSA) is 65.0 Å². The lowest BCUT2D eigenvalue weighted by Gasteiger charge is -2.15. The van der Waals surface area contributed by atoms with Crippen LogP contribution in [0.1, 0.15) is 6.92 Å². The van der Waals surface area contributed by atoms with E-state index in [4.69, 9.17) is 14.2 Å². The van der Waals surface area contributed by atoms with Crippen LogP contribution in [-0.4, -0.2) is 49.7 Å². The minimum Gasteiger partial charge on any atom is -0.385 e. The molecule has 4 unspecified atom stereocenters. The number of hydrogen-bond donors (Lipinski definition) is 1. The first-order chi connectivity index (χ1) is 6.11. The fourth-order valence-electron chi connectivity index (χ4n) is 1.42. The molecule has 0 saturated carbocycles. The monoisotopic (exact) mass is 190 g/mol. The fourth-order valence-corrected chi connectivity index (χ4v) is 1.42. The van der Waals surface area contributed by atoms with Gasteiger partial charge in [-0.2, -0.15) is 0 Å². The third-order valence-corrected chi connectivity index (χ3v) is 2.10. The molecule has 0 spiro atoms. The van der Waals surface area contributed by atoms with Crippen molar-refractivity contribution in [3.8, 4) is 0 Å². The van der Waals surface area contributed by atoms with Crippen LogP contribution in [0.5, 0.6) is 0 Å². The molecule has 13 heavy (non-hydrogen) atoms. The molecule has 0 radical (unpaired) electrons. The van der Waals surface area contributed by atoms with Gasteiger partial charge in [-0.1, -0.05) is 0 Å². The molecule has 0 aromatic heterocycles.